The quantitative estimate of drug-likeness (QED) is 0.604. The van der Waals surface area contributed by atoms with Crippen molar-refractivity contribution in [3.8, 4) is 11.5 Å². The third-order valence-corrected chi connectivity index (χ3v) is 5.79. The standard InChI is InChI=1S/C25H29N5O3/c1-16-13-17(2)28-25(27-16)29-19-10-11-20(26-14-19)18-7-6-12-30(15-18)24(31)23-21(32-3)8-5-9-22(23)33-4/h5,8-11,13-14,18H,6-7,12,15H2,1-4H3,(H,27,28,29). The topological polar surface area (TPSA) is 89.5 Å². The Labute approximate surface area is 194 Å². The fourth-order valence-corrected chi connectivity index (χ4v) is 4.25. The van der Waals surface area contributed by atoms with E-state index in [0.29, 0.717) is 36.1 Å². The molecule has 1 amide bonds. The zero-order chi connectivity index (χ0) is 23.4. The average molecular weight is 448 g/mol. The largest absolute Gasteiger partial charge is 0.496 e. The van der Waals surface area contributed by atoms with Gasteiger partial charge in [-0.05, 0) is 57.0 Å². The number of carbonyl (C=O) groups excluding carboxylic acids is 1. The van der Waals surface area contributed by atoms with E-state index in [9.17, 15) is 4.79 Å². The van der Waals surface area contributed by atoms with Crippen molar-refractivity contribution in [1.82, 2.24) is 19.9 Å². The summed E-state index contributed by atoms with van der Waals surface area (Å²) in [5.41, 5.74) is 4.07. The lowest BCUT2D eigenvalue weighted by Gasteiger charge is -2.33. The second kappa shape index (κ2) is 9.85. The molecule has 1 aliphatic rings. The van der Waals surface area contributed by atoms with Crippen LogP contribution in [0, 0.1) is 13.8 Å². The van der Waals surface area contributed by atoms with Crippen LogP contribution in [0.3, 0.4) is 0 Å². The van der Waals surface area contributed by atoms with Crippen molar-refractivity contribution in [1.29, 1.82) is 0 Å². The van der Waals surface area contributed by atoms with Crippen molar-refractivity contribution in [2.75, 3.05) is 32.6 Å². The van der Waals surface area contributed by atoms with Crippen LogP contribution in [0.4, 0.5) is 11.6 Å². The van der Waals surface area contributed by atoms with Crippen LogP contribution in [0.25, 0.3) is 0 Å². The number of nitrogens with one attached hydrogen (secondary N) is 1. The third kappa shape index (κ3) is 5.05. The highest BCUT2D eigenvalue weighted by atomic mass is 16.5. The number of ether oxygens (including phenoxy) is 2. The normalized spacial score (nSPS) is 15.8. The second-order valence-corrected chi connectivity index (χ2v) is 8.20. The summed E-state index contributed by atoms with van der Waals surface area (Å²) in [7, 11) is 3.13. The first-order valence-corrected chi connectivity index (χ1v) is 11.0. The predicted octanol–water partition coefficient (Wildman–Crippen LogP) is 4.27. The minimum absolute atomic E-state index is 0.0840. The molecule has 0 bridgehead atoms. The molecular weight excluding hydrogens is 418 g/mol. The summed E-state index contributed by atoms with van der Waals surface area (Å²) in [5, 5.41) is 3.21. The van der Waals surface area contributed by atoms with Crippen molar-refractivity contribution < 1.29 is 14.3 Å². The average Bonchev–Trinajstić information content (AvgIpc) is 2.83. The zero-order valence-corrected chi connectivity index (χ0v) is 19.5. The lowest BCUT2D eigenvalue weighted by molar-refractivity contribution is 0.0699. The molecule has 0 spiro atoms. The first-order chi connectivity index (χ1) is 16.0. The molecule has 0 aliphatic carbocycles. The van der Waals surface area contributed by atoms with Crippen LogP contribution in [-0.2, 0) is 0 Å². The summed E-state index contributed by atoms with van der Waals surface area (Å²) in [6.07, 6.45) is 3.68. The first-order valence-electron chi connectivity index (χ1n) is 11.0. The second-order valence-electron chi connectivity index (χ2n) is 8.20. The lowest BCUT2D eigenvalue weighted by atomic mass is 9.93. The molecule has 0 radical (unpaired) electrons. The number of hydrogen-bond acceptors (Lipinski definition) is 7. The Bertz CT molecular complexity index is 1090. The number of anilines is 2. The highest BCUT2D eigenvalue weighted by Gasteiger charge is 2.29. The van der Waals surface area contributed by atoms with E-state index in [0.717, 1.165) is 35.6 Å². The predicted molar refractivity (Wildman–Crippen MR) is 126 cm³/mol. The fourth-order valence-electron chi connectivity index (χ4n) is 4.25. The van der Waals surface area contributed by atoms with Gasteiger partial charge in [-0.25, -0.2) is 9.97 Å². The van der Waals surface area contributed by atoms with Gasteiger partial charge in [0, 0.05) is 36.1 Å². The van der Waals surface area contributed by atoms with Crippen LogP contribution in [0.2, 0.25) is 0 Å². The monoisotopic (exact) mass is 447 g/mol. The summed E-state index contributed by atoms with van der Waals surface area (Å²) in [5.74, 6) is 1.67. The van der Waals surface area contributed by atoms with Gasteiger partial charge < -0.3 is 19.7 Å². The van der Waals surface area contributed by atoms with Gasteiger partial charge in [-0.1, -0.05) is 6.07 Å². The molecule has 8 heteroatoms. The highest BCUT2D eigenvalue weighted by Crippen LogP contribution is 2.33. The maximum absolute atomic E-state index is 13.4. The Morgan fingerprint density at radius 2 is 1.76 bits per heavy atom. The van der Waals surface area contributed by atoms with E-state index in [-0.39, 0.29) is 11.8 Å². The van der Waals surface area contributed by atoms with Gasteiger partial charge in [-0.3, -0.25) is 9.78 Å². The molecular formula is C25H29N5O3. The molecule has 0 saturated carbocycles. The zero-order valence-electron chi connectivity index (χ0n) is 19.5. The Morgan fingerprint density at radius 3 is 2.36 bits per heavy atom. The first kappa shape index (κ1) is 22.5. The van der Waals surface area contributed by atoms with Crippen molar-refractivity contribution in [2.45, 2.75) is 32.6 Å². The van der Waals surface area contributed by atoms with E-state index < -0.39 is 0 Å². The lowest BCUT2D eigenvalue weighted by Crippen LogP contribution is -2.39. The van der Waals surface area contributed by atoms with E-state index in [1.54, 1.807) is 32.5 Å². The Balaban J connectivity index is 1.48. The number of aryl methyl sites for hydroxylation is 2. The number of hydrogen-bond donors (Lipinski definition) is 1. The van der Waals surface area contributed by atoms with E-state index in [4.69, 9.17) is 9.47 Å². The van der Waals surface area contributed by atoms with Crippen molar-refractivity contribution in [2.24, 2.45) is 0 Å². The number of methoxy groups -OCH3 is 2. The number of rotatable bonds is 6. The molecule has 172 valence electrons. The maximum Gasteiger partial charge on any atom is 0.261 e. The molecule has 33 heavy (non-hydrogen) atoms. The van der Waals surface area contributed by atoms with Crippen molar-refractivity contribution in [3.05, 3.63) is 65.2 Å². The number of carbonyl (C=O) groups is 1. The molecule has 2 aromatic heterocycles. The summed E-state index contributed by atoms with van der Waals surface area (Å²) >= 11 is 0. The summed E-state index contributed by atoms with van der Waals surface area (Å²) in [6.45, 7) is 5.18. The molecule has 1 N–H and O–H groups in total. The molecule has 1 fully saturated rings. The number of aromatic nitrogens is 3. The number of pyridine rings is 1. The van der Waals surface area contributed by atoms with Gasteiger partial charge in [0.15, 0.2) is 0 Å². The summed E-state index contributed by atoms with van der Waals surface area (Å²) in [6, 6.07) is 11.3. The van der Waals surface area contributed by atoms with Crippen LogP contribution in [0.5, 0.6) is 11.5 Å². The van der Waals surface area contributed by atoms with Crippen LogP contribution in [-0.4, -0.2) is 53.1 Å². The van der Waals surface area contributed by atoms with Crippen LogP contribution < -0.4 is 14.8 Å². The number of benzene rings is 1. The molecule has 1 unspecified atom stereocenters. The van der Waals surface area contributed by atoms with Gasteiger partial charge in [0.25, 0.3) is 5.91 Å². The van der Waals surface area contributed by atoms with Crippen LogP contribution in [0.1, 0.15) is 46.2 Å². The molecule has 3 heterocycles. The van der Waals surface area contributed by atoms with Gasteiger partial charge in [-0.2, -0.15) is 0 Å². The van der Waals surface area contributed by atoms with Gasteiger partial charge in [0.05, 0.1) is 26.1 Å². The van der Waals surface area contributed by atoms with Crippen molar-refractivity contribution >= 4 is 17.5 Å². The van der Waals surface area contributed by atoms with Gasteiger partial charge in [0.2, 0.25) is 5.95 Å². The van der Waals surface area contributed by atoms with E-state index in [1.165, 1.54) is 0 Å². The Hall–Kier alpha value is -3.68. The highest BCUT2D eigenvalue weighted by molar-refractivity contribution is 5.99. The number of likely N-dealkylation sites (tertiary alicyclic amines) is 1. The van der Waals surface area contributed by atoms with Gasteiger partial charge >= 0.3 is 0 Å². The summed E-state index contributed by atoms with van der Waals surface area (Å²) in [4.78, 5) is 28.7. The maximum atomic E-state index is 13.4. The van der Waals surface area contributed by atoms with E-state index >= 15 is 0 Å². The molecule has 8 nitrogen and oxygen atoms in total. The van der Waals surface area contributed by atoms with Crippen LogP contribution in [0.15, 0.2) is 42.6 Å². The third-order valence-electron chi connectivity index (χ3n) is 5.79. The Kier molecular flexibility index (Phi) is 6.72. The SMILES string of the molecule is COc1cccc(OC)c1C(=O)N1CCCC(c2ccc(Nc3nc(C)cc(C)n3)cn2)C1. The van der Waals surface area contributed by atoms with E-state index in [1.807, 2.05) is 43.0 Å². The minimum Gasteiger partial charge on any atom is -0.496 e. The number of piperidine rings is 1. The fraction of sp³-hybridized carbons (Fsp3) is 0.360. The molecule has 4 rings (SSSR count). The summed E-state index contributed by atoms with van der Waals surface area (Å²) < 4.78 is 10.9. The van der Waals surface area contributed by atoms with E-state index in [2.05, 4.69) is 20.3 Å². The van der Waals surface area contributed by atoms with Gasteiger partial charge in [0.1, 0.15) is 17.1 Å². The van der Waals surface area contributed by atoms with Crippen molar-refractivity contribution in [3.63, 3.8) is 0 Å². The minimum atomic E-state index is -0.0840. The van der Waals surface area contributed by atoms with Crippen LogP contribution >= 0.6 is 0 Å². The molecule has 1 saturated heterocycles. The molecule has 1 aliphatic heterocycles. The molecule has 3 aromatic rings. The Morgan fingerprint density at radius 1 is 1.06 bits per heavy atom. The molecule has 1 atom stereocenters. The molecule has 1 aromatic carbocycles. The number of nitrogens with zero attached hydrogens (tertiary/aromatic N) is 4. The number of amides is 1. The smallest absolute Gasteiger partial charge is 0.261 e. The van der Waals surface area contributed by atoms with Gasteiger partial charge in [-0.15, -0.1) is 0 Å².